The van der Waals surface area contributed by atoms with Crippen LogP contribution in [0.5, 0.6) is 5.75 Å². The fourth-order valence-electron chi connectivity index (χ4n) is 1.26. The quantitative estimate of drug-likeness (QED) is 0.784. The number of hydrogen-bond acceptors (Lipinski definition) is 5. The van der Waals surface area contributed by atoms with Gasteiger partial charge in [-0.3, -0.25) is 0 Å². The third-order valence-electron chi connectivity index (χ3n) is 1.94. The van der Waals surface area contributed by atoms with Crippen LogP contribution in [-0.4, -0.2) is 16.6 Å². The van der Waals surface area contributed by atoms with Crippen molar-refractivity contribution in [2.75, 3.05) is 12.3 Å². The van der Waals surface area contributed by atoms with Crippen LogP contribution < -0.4 is 10.5 Å². The molecule has 2 aromatic rings. The van der Waals surface area contributed by atoms with Gasteiger partial charge in [-0.05, 0) is 18.2 Å². The SMILES string of the molecule is N#CCOc1ccc2ncnc(N)c2c1. The van der Waals surface area contributed by atoms with Crippen molar-refractivity contribution in [1.82, 2.24) is 9.97 Å². The Bertz CT molecular complexity index is 532. The molecular formula is C10H8N4O. The maximum atomic E-state index is 8.37. The molecule has 5 heteroatoms. The van der Waals surface area contributed by atoms with Gasteiger partial charge in [0.1, 0.15) is 24.0 Å². The Morgan fingerprint density at radius 2 is 2.27 bits per heavy atom. The molecule has 0 fully saturated rings. The molecule has 2 N–H and O–H groups in total. The molecule has 74 valence electrons. The maximum Gasteiger partial charge on any atom is 0.174 e. The van der Waals surface area contributed by atoms with Gasteiger partial charge in [-0.2, -0.15) is 5.26 Å². The second-order valence-electron chi connectivity index (χ2n) is 2.88. The zero-order chi connectivity index (χ0) is 10.7. The molecule has 0 saturated carbocycles. The summed E-state index contributed by atoms with van der Waals surface area (Å²) < 4.78 is 5.15. The van der Waals surface area contributed by atoms with Crippen LogP contribution in [0.2, 0.25) is 0 Å². The molecule has 1 heterocycles. The third-order valence-corrected chi connectivity index (χ3v) is 1.94. The lowest BCUT2D eigenvalue weighted by Crippen LogP contribution is -1.96. The molecule has 1 aromatic carbocycles. The Morgan fingerprint density at radius 1 is 1.40 bits per heavy atom. The third kappa shape index (κ3) is 1.79. The Morgan fingerprint density at radius 3 is 3.07 bits per heavy atom. The average molecular weight is 200 g/mol. The van der Waals surface area contributed by atoms with E-state index in [-0.39, 0.29) is 6.61 Å². The van der Waals surface area contributed by atoms with Gasteiger partial charge in [0.15, 0.2) is 6.61 Å². The number of nitriles is 1. The van der Waals surface area contributed by atoms with Crippen molar-refractivity contribution < 1.29 is 4.74 Å². The number of nitrogens with zero attached hydrogens (tertiary/aromatic N) is 3. The van der Waals surface area contributed by atoms with Crippen molar-refractivity contribution in [3.63, 3.8) is 0 Å². The predicted molar refractivity (Wildman–Crippen MR) is 55.1 cm³/mol. The van der Waals surface area contributed by atoms with E-state index in [1.807, 2.05) is 6.07 Å². The van der Waals surface area contributed by atoms with E-state index in [9.17, 15) is 0 Å². The average Bonchev–Trinajstić information content (AvgIpc) is 2.27. The number of hydrogen-bond donors (Lipinski definition) is 1. The number of nitrogens with two attached hydrogens (primary N) is 1. The second kappa shape index (κ2) is 3.80. The number of benzene rings is 1. The zero-order valence-electron chi connectivity index (χ0n) is 7.84. The van der Waals surface area contributed by atoms with E-state index in [0.717, 1.165) is 10.9 Å². The van der Waals surface area contributed by atoms with Crippen molar-refractivity contribution in [3.8, 4) is 11.8 Å². The Kier molecular flexibility index (Phi) is 2.33. The van der Waals surface area contributed by atoms with Crippen LogP contribution in [0.25, 0.3) is 10.9 Å². The minimum absolute atomic E-state index is 0.0130. The first-order chi connectivity index (χ1) is 7.31. The second-order valence-corrected chi connectivity index (χ2v) is 2.88. The first kappa shape index (κ1) is 9.21. The van der Waals surface area contributed by atoms with Crippen LogP contribution in [0.3, 0.4) is 0 Å². The summed E-state index contributed by atoms with van der Waals surface area (Å²) in [5.74, 6) is 0.993. The van der Waals surface area contributed by atoms with Gasteiger partial charge in [-0.15, -0.1) is 0 Å². The summed E-state index contributed by atoms with van der Waals surface area (Å²) in [5.41, 5.74) is 6.44. The van der Waals surface area contributed by atoms with Gasteiger partial charge in [0.2, 0.25) is 0 Å². The fourth-order valence-corrected chi connectivity index (χ4v) is 1.26. The van der Waals surface area contributed by atoms with Crippen LogP contribution in [0.1, 0.15) is 0 Å². The zero-order valence-corrected chi connectivity index (χ0v) is 7.84. The topological polar surface area (TPSA) is 84.8 Å². The van der Waals surface area contributed by atoms with Crippen LogP contribution in [0.4, 0.5) is 5.82 Å². The summed E-state index contributed by atoms with van der Waals surface area (Å²) in [5, 5.41) is 9.10. The van der Waals surface area contributed by atoms with Gasteiger partial charge in [0.05, 0.1) is 5.52 Å². The Balaban J connectivity index is 2.46. The first-order valence-corrected chi connectivity index (χ1v) is 4.31. The Labute approximate surface area is 86.1 Å². The van der Waals surface area contributed by atoms with Gasteiger partial charge in [-0.1, -0.05) is 0 Å². The monoisotopic (exact) mass is 200 g/mol. The lowest BCUT2D eigenvalue weighted by Gasteiger charge is -2.04. The summed E-state index contributed by atoms with van der Waals surface area (Å²) in [7, 11) is 0. The van der Waals surface area contributed by atoms with Crippen molar-refractivity contribution in [3.05, 3.63) is 24.5 Å². The number of anilines is 1. The van der Waals surface area contributed by atoms with Gasteiger partial charge in [0.25, 0.3) is 0 Å². The summed E-state index contributed by atoms with van der Waals surface area (Å²) >= 11 is 0. The minimum atomic E-state index is 0.0130. The molecule has 0 unspecified atom stereocenters. The van der Waals surface area contributed by atoms with Gasteiger partial charge < -0.3 is 10.5 Å². The van der Waals surface area contributed by atoms with Crippen LogP contribution in [0.15, 0.2) is 24.5 Å². The standard InChI is InChI=1S/C10H8N4O/c11-3-4-15-7-1-2-9-8(5-7)10(12)14-6-13-9/h1-2,5-6H,4H2,(H2,12,13,14). The van der Waals surface area contributed by atoms with E-state index >= 15 is 0 Å². The highest BCUT2D eigenvalue weighted by molar-refractivity contribution is 5.88. The predicted octanol–water partition coefficient (Wildman–Crippen LogP) is 1.11. The first-order valence-electron chi connectivity index (χ1n) is 4.31. The highest BCUT2D eigenvalue weighted by atomic mass is 16.5. The normalized spacial score (nSPS) is 9.80. The molecule has 0 aliphatic heterocycles. The summed E-state index contributed by atoms with van der Waals surface area (Å²) in [6.07, 6.45) is 1.41. The van der Waals surface area contributed by atoms with Gasteiger partial charge in [-0.25, -0.2) is 9.97 Å². The lowest BCUT2D eigenvalue weighted by molar-refractivity contribution is 0.368. The fraction of sp³-hybridized carbons (Fsp3) is 0.100. The summed E-state index contributed by atoms with van der Waals surface area (Å²) in [6.45, 7) is 0.0130. The molecular weight excluding hydrogens is 192 g/mol. The number of fused-ring (bicyclic) bond motifs is 1. The lowest BCUT2D eigenvalue weighted by atomic mass is 10.2. The molecule has 0 aliphatic carbocycles. The van der Waals surface area contributed by atoms with Crippen LogP contribution >= 0.6 is 0 Å². The smallest absolute Gasteiger partial charge is 0.174 e. The molecule has 0 aliphatic rings. The molecule has 0 saturated heterocycles. The van der Waals surface area contributed by atoms with E-state index in [0.29, 0.717) is 11.6 Å². The molecule has 0 atom stereocenters. The molecule has 0 bridgehead atoms. The Hall–Kier alpha value is -2.35. The number of rotatable bonds is 2. The highest BCUT2D eigenvalue weighted by Crippen LogP contribution is 2.22. The number of ether oxygens (including phenoxy) is 1. The van der Waals surface area contributed by atoms with Crippen LogP contribution in [-0.2, 0) is 0 Å². The molecule has 2 rings (SSSR count). The van der Waals surface area contributed by atoms with Crippen molar-refractivity contribution in [2.24, 2.45) is 0 Å². The van der Waals surface area contributed by atoms with E-state index in [2.05, 4.69) is 9.97 Å². The minimum Gasteiger partial charge on any atom is -0.479 e. The maximum absolute atomic E-state index is 8.37. The van der Waals surface area contributed by atoms with Crippen molar-refractivity contribution >= 4 is 16.7 Å². The highest BCUT2D eigenvalue weighted by Gasteiger charge is 2.01. The molecule has 0 radical (unpaired) electrons. The van der Waals surface area contributed by atoms with Crippen molar-refractivity contribution in [2.45, 2.75) is 0 Å². The van der Waals surface area contributed by atoms with E-state index in [1.54, 1.807) is 18.2 Å². The molecule has 0 amide bonds. The summed E-state index contributed by atoms with van der Waals surface area (Å²) in [6, 6.07) is 7.14. The molecule has 1 aromatic heterocycles. The van der Waals surface area contributed by atoms with E-state index in [1.165, 1.54) is 6.33 Å². The van der Waals surface area contributed by atoms with Gasteiger partial charge >= 0.3 is 0 Å². The summed E-state index contributed by atoms with van der Waals surface area (Å²) in [4.78, 5) is 7.93. The van der Waals surface area contributed by atoms with E-state index in [4.69, 9.17) is 15.7 Å². The van der Waals surface area contributed by atoms with Crippen LogP contribution in [0, 0.1) is 11.3 Å². The largest absolute Gasteiger partial charge is 0.479 e. The molecule has 0 spiro atoms. The number of nitrogen functional groups attached to an aromatic ring is 1. The molecule has 15 heavy (non-hydrogen) atoms. The van der Waals surface area contributed by atoms with Crippen molar-refractivity contribution in [1.29, 1.82) is 5.26 Å². The number of aromatic nitrogens is 2. The van der Waals surface area contributed by atoms with E-state index < -0.39 is 0 Å². The molecule has 5 nitrogen and oxygen atoms in total. The van der Waals surface area contributed by atoms with Gasteiger partial charge in [0, 0.05) is 5.39 Å².